The third-order valence-electron chi connectivity index (χ3n) is 2.59. The molecule has 116 valence electrons. The van der Waals surface area contributed by atoms with Gasteiger partial charge in [-0.25, -0.2) is 8.42 Å². The summed E-state index contributed by atoms with van der Waals surface area (Å²) in [6, 6.07) is 5.74. The summed E-state index contributed by atoms with van der Waals surface area (Å²) in [5.41, 5.74) is 0. The minimum atomic E-state index is -3.54. The Balaban J connectivity index is 2.48. The van der Waals surface area contributed by atoms with Gasteiger partial charge in [-0.05, 0) is 31.2 Å². The summed E-state index contributed by atoms with van der Waals surface area (Å²) in [5, 5.41) is 5.32. The molecule has 0 unspecified atom stereocenters. The van der Waals surface area contributed by atoms with Crippen LogP contribution >= 0.6 is 11.6 Å². The van der Waals surface area contributed by atoms with E-state index in [0.717, 1.165) is 0 Å². The SMILES string of the molecule is CCNC(=O)CNC(=O)CCS(=O)(=O)c1ccc(Cl)cc1. The Morgan fingerprint density at radius 1 is 1.10 bits per heavy atom. The first-order valence-corrected chi connectivity index (χ1v) is 8.40. The van der Waals surface area contributed by atoms with Crippen molar-refractivity contribution >= 4 is 33.3 Å². The van der Waals surface area contributed by atoms with E-state index < -0.39 is 15.7 Å². The lowest BCUT2D eigenvalue weighted by molar-refractivity contribution is -0.125. The van der Waals surface area contributed by atoms with Crippen LogP contribution in [-0.2, 0) is 19.4 Å². The van der Waals surface area contributed by atoms with Crippen molar-refractivity contribution in [3.05, 3.63) is 29.3 Å². The zero-order valence-corrected chi connectivity index (χ0v) is 13.1. The van der Waals surface area contributed by atoms with Crippen LogP contribution in [0.25, 0.3) is 0 Å². The number of carbonyl (C=O) groups excluding carboxylic acids is 2. The minimum absolute atomic E-state index is 0.114. The van der Waals surface area contributed by atoms with Crippen LogP contribution < -0.4 is 10.6 Å². The molecule has 0 atom stereocenters. The van der Waals surface area contributed by atoms with E-state index >= 15 is 0 Å². The summed E-state index contributed by atoms with van der Waals surface area (Å²) in [6.07, 6.45) is -0.204. The van der Waals surface area contributed by atoms with Gasteiger partial charge >= 0.3 is 0 Å². The zero-order valence-electron chi connectivity index (χ0n) is 11.6. The Bertz CT molecular complexity index is 599. The highest BCUT2D eigenvalue weighted by Crippen LogP contribution is 2.15. The number of amides is 2. The summed E-state index contributed by atoms with van der Waals surface area (Å²) in [6.45, 7) is 2.08. The second-order valence-electron chi connectivity index (χ2n) is 4.25. The van der Waals surface area contributed by atoms with Crippen LogP contribution in [0, 0.1) is 0 Å². The van der Waals surface area contributed by atoms with E-state index in [4.69, 9.17) is 11.6 Å². The second-order valence-corrected chi connectivity index (χ2v) is 6.80. The van der Waals surface area contributed by atoms with Crippen molar-refractivity contribution in [1.29, 1.82) is 0 Å². The van der Waals surface area contributed by atoms with Crippen LogP contribution in [0.15, 0.2) is 29.2 Å². The van der Waals surface area contributed by atoms with Crippen molar-refractivity contribution in [3.63, 3.8) is 0 Å². The van der Waals surface area contributed by atoms with E-state index in [9.17, 15) is 18.0 Å². The molecule has 1 aromatic rings. The molecule has 0 bridgehead atoms. The van der Waals surface area contributed by atoms with E-state index in [1.54, 1.807) is 6.92 Å². The molecule has 1 aromatic carbocycles. The molecule has 0 saturated heterocycles. The van der Waals surface area contributed by atoms with Gasteiger partial charge in [-0.2, -0.15) is 0 Å². The van der Waals surface area contributed by atoms with E-state index in [1.165, 1.54) is 24.3 Å². The molecule has 21 heavy (non-hydrogen) atoms. The maximum Gasteiger partial charge on any atom is 0.239 e. The van der Waals surface area contributed by atoms with Gasteiger partial charge in [-0.3, -0.25) is 9.59 Å². The fourth-order valence-electron chi connectivity index (χ4n) is 1.51. The molecule has 0 radical (unpaired) electrons. The fraction of sp³-hybridized carbons (Fsp3) is 0.385. The molecular formula is C13H17ClN2O4S. The molecule has 0 heterocycles. The van der Waals surface area contributed by atoms with Gasteiger partial charge in [0, 0.05) is 18.0 Å². The molecule has 1 rings (SSSR count). The largest absolute Gasteiger partial charge is 0.355 e. The quantitative estimate of drug-likeness (QED) is 0.771. The number of hydrogen-bond donors (Lipinski definition) is 2. The van der Waals surface area contributed by atoms with Crippen LogP contribution in [0.1, 0.15) is 13.3 Å². The standard InChI is InChI=1S/C13H17ClN2O4S/c1-2-15-13(18)9-16-12(17)7-8-21(19,20)11-5-3-10(14)4-6-11/h3-6H,2,7-9H2,1H3,(H,15,18)(H,16,17). The number of carbonyl (C=O) groups is 2. The minimum Gasteiger partial charge on any atom is -0.355 e. The number of sulfone groups is 1. The van der Waals surface area contributed by atoms with E-state index in [0.29, 0.717) is 11.6 Å². The van der Waals surface area contributed by atoms with Gasteiger partial charge in [0.15, 0.2) is 9.84 Å². The summed E-state index contributed by atoms with van der Waals surface area (Å²) >= 11 is 5.69. The molecular weight excluding hydrogens is 316 g/mol. The lowest BCUT2D eigenvalue weighted by Crippen LogP contribution is -2.37. The van der Waals surface area contributed by atoms with Crippen molar-refractivity contribution in [3.8, 4) is 0 Å². The number of likely N-dealkylation sites (N-methyl/N-ethyl adjacent to an activating group) is 1. The summed E-state index contributed by atoms with van der Waals surface area (Å²) < 4.78 is 24.0. The third kappa shape index (κ3) is 6.14. The Kier molecular flexibility index (Phi) is 6.64. The highest BCUT2D eigenvalue weighted by Gasteiger charge is 2.16. The Labute approximate surface area is 128 Å². The Hall–Kier alpha value is -1.60. The first kappa shape index (κ1) is 17.5. The van der Waals surface area contributed by atoms with E-state index in [2.05, 4.69) is 10.6 Å². The predicted molar refractivity (Wildman–Crippen MR) is 79.8 cm³/mol. The highest BCUT2D eigenvalue weighted by molar-refractivity contribution is 7.91. The van der Waals surface area contributed by atoms with Crippen molar-refractivity contribution in [2.24, 2.45) is 0 Å². The summed E-state index contributed by atoms with van der Waals surface area (Å²) in [5.74, 6) is -1.12. The smallest absolute Gasteiger partial charge is 0.239 e. The first-order valence-electron chi connectivity index (χ1n) is 6.37. The molecule has 2 amide bonds. The monoisotopic (exact) mass is 332 g/mol. The number of rotatable bonds is 7. The molecule has 0 aliphatic rings. The third-order valence-corrected chi connectivity index (χ3v) is 4.57. The maximum atomic E-state index is 12.0. The maximum absolute atomic E-state index is 12.0. The predicted octanol–water partition coefficient (Wildman–Crippen LogP) is 0.756. The molecule has 2 N–H and O–H groups in total. The lowest BCUT2D eigenvalue weighted by Gasteiger charge is -2.06. The van der Waals surface area contributed by atoms with Crippen LogP contribution in [0.3, 0.4) is 0 Å². The van der Waals surface area contributed by atoms with Crippen molar-refractivity contribution < 1.29 is 18.0 Å². The zero-order chi connectivity index (χ0) is 15.9. The lowest BCUT2D eigenvalue weighted by atomic mass is 10.4. The van der Waals surface area contributed by atoms with Crippen LogP contribution in [0.5, 0.6) is 0 Å². The van der Waals surface area contributed by atoms with Gasteiger partial charge in [0.1, 0.15) is 0 Å². The number of nitrogens with one attached hydrogen (secondary N) is 2. The van der Waals surface area contributed by atoms with Crippen LogP contribution in [0.4, 0.5) is 0 Å². The van der Waals surface area contributed by atoms with Gasteiger partial charge in [0.2, 0.25) is 11.8 Å². The number of hydrogen-bond acceptors (Lipinski definition) is 4. The van der Waals surface area contributed by atoms with Gasteiger partial charge in [-0.15, -0.1) is 0 Å². The van der Waals surface area contributed by atoms with Gasteiger partial charge in [-0.1, -0.05) is 11.6 Å². The Morgan fingerprint density at radius 3 is 2.29 bits per heavy atom. The number of halogens is 1. The molecule has 0 spiro atoms. The van der Waals surface area contributed by atoms with Gasteiger partial charge < -0.3 is 10.6 Å². The molecule has 0 fully saturated rings. The first-order chi connectivity index (χ1) is 9.85. The fourth-order valence-corrected chi connectivity index (χ4v) is 2.88. The number of benzene rings is 1. The highest BCUT2D eigenvalue weighted by atomic mass is 35.5. The van der Waals surface area contributed by atoms with Crippen LogP contribution in [-0.4, -0.2) is 39.1 Å². The van der Waals surface area contributed by atoms with E-state index in [-0.39, 0.29) is 29.5 Å². The normalized spacial score (nSPS) is 11.0. The molecule has 8 heteroatoms. The van der Waals surface area contributed by atoms with E-state index in [1.807, 2.05) is 0 Å². The molecule has 0 saturated carbocycles. The van der Waals surface area contributed by atoms with Crippen molar-refractivity contribution in [1.82, 2.24) is 10.6 Å². The van der Waals surface area contributed by atoms with Gasteiger partial charge in [0.05, 0.1) is 17.2 Å². The Morgan fingerprint density at radius 2 is 1.71 bits per heavy atom. The molecule has 0 aliphatic carbocycles. The second kappa shape index (κ2) is 7.99. The summed E-state index contributed by atoms with van der Waals surface area (Å²) in [4.78, 5) is 22.8. The average Bonchev–Trinajstić information content (AvgIpc) is 2.44. The van der Waals surface area contributed by atoms with Gasteiger partial charge in [0.25, 0.3) is 0 Å². The molecule has 0 aromatic heterocycles. The van der Waals surface area contributed by atoms with Crippen molar-refractivity contribution in [2.45, 2.75) is 18.2 Å². The average molecular weight is 333 g/mol. The topological polar surface area (TPSA) is 92.3 Å². The molecule has 0 aliphatic heterocycles. The van der Waals surface area contributed by atoms with Crippen LogP contribution in [0.2, 0.25) is 5.02 Å². The molecule has 6 nitrogen and oxygen atoms in total. The summed E-state index contributed by atoms with van der Waals surface area (Å²) in [7, 11) is -3.54. The van der Waals surface area contributed by atoms with Crippen molar-refractivity contribution in [2.75, 3.05) is 18.8 Å².